The fourth-order valence-electron chi connectivity index (χ4n) is 8.85. The minimum Gasteiger partial charge on any atom is -0.450 e. The molecule has 2 atom stereocenters. The highest BCUT2D eigenvalue weighted by Gasteiger charge is 2.33. The summed E-state index contributed by atoms with van der Waals surface area (Å²) in [6.07, 6.45) is 7.44. The van der Waals surface area contributed by atoms with Crippen molar-refractivity contribution in [3.8, 4) is 0 Å². The van der Waals surface area contributed by atoms with Crippen LogP contribution in [-0.2, 0) is 15.9 Å². The van der Waals surface area contributed by atoms with Gasteiger partial charge in [0.1, 0.15) is 5.82 Å². The molecule has 300 valence electrons. The molecule has 4 aliphatic rings. The Morgan fingerprint density at radius 3 is 1.65 bits per heavy atom. The molecule has 0 spiro atoms. The average Bonchev–Trinajstić information content (AvgIpc) is 3.18. The summed E-state index contributed by atoms with van der Waals surface area (Å²) >= 11 is 0. The Morgan fingerprint density at radius 2 is 1.16 bits per heavy atom. The summed E-state index contributed by atoms with van der Waals surface area (Å²) in [5, 5.41) is 6.43. The Labute approximate surface area is 325 Å². The Hall–Kier alpha value is -4.23. The number of ether oxygens (including phenoxy) is 2. The van der Waals surface area contributed by atoms with Crippen LogP contribution in [0.5, 0.6) is 0 Å². The Morgan fingerprint density at radius 1 is 0.673 bits per heavy atom. The lowest BCUT2D eigenvalue weighted by Crippen LogP contribution is -2.54. The van der Waals surface area contributed by atoms with E-state index in [9.17, 15) is 23.6 Å². The van der Waals surface area contributed by atoms with Crippen LogP contribution in [0, 0.1) is 19.7 Å². The molecule has 2 aromatic carbocycles. The first-order valence-corrected chi connectivity index (χ1v) is 20.4. The summed E-state index contributed by atoms with van der Waals surface area (Å²) in [6, 6.07) is 10.9. The molecule has 0 radical (unpaired) electrons. The van der Waals surface area contributed by atoms with Crippen LogP contribution in [0.4, 0.5) is 14.0 Å². The highest BCUT2D eigenvalue weighted by atomic mass is 19.1. The van der Waals surface area contributed by atoms with Crippen LogP contribution in [0.1, 0.15) is 95.7 Å². The van der Waals surface area contributed by atoms with Crippen LogP contribution in [0.2, 0.25) is 0 Å². The number of hydrogen-bond acceptors (Lipinski definition) is 8. The maximum absolute atomic E-state index is 13.5. The van der Waals surface area contributed by atoms with Gasteiger partial charge in [0.25, 0.3) is 11.8 Å². The van der Waals surface area contributed by atoms with Crippen molar-refractivity contribution in [3.63, 3.8) is 0 Å². The van der Waals surface area contributed by atoms with Gasteiger partial charge in [0.15, 0.2) is 0 Å². The summed E-state index contributed by atoms with van der Waals surface area (Å²) < 4.78 is 24.4. The number of carbonyl (C=O) groups is 4. The molecular weight excluding hydrogens is 703 g/mol. The minimum absolute atomic E-state index is 0.0318. The van der Waals surface area contributed by atoms with E-state index in [4.69, 9.17) is 9.47 Å². The zero-order chi connectivity index (χ0) is 38.9. The molecule has 4 saturated heterocycles. The van der Waals surface area contributed by atoms with Gasteiger partial charge < -0.3 is 29.9 Å². The first-order chi connectivity index (χ1) is 26.6. The molecule has 2 aromatic rings. The third-order valence-corrected chi connectivity index (χ3v) is 11.9. The molecule has 13 heteroatoms. The molecule has 4 heterocycles. The maximum atomic E-state index is 13.5. The van der Waals surface area contributed by atoms with E-state index in [1.807, 2.05) is 32.0 Å². The Kier molecular flexibility index (Phi) is 14.0. The van der Waals surface area contributed by atoms with E-state index < -0.39 is 0 Å². The van der Waals surface area contributed by atoms with Gasteiger partial charge in [-0.05, 0) is 126 Å². The van der Waals surface area contributed by atoms with Crippen LogP contribution in [0.25, 0.3) is 0 Å². The molecule has 12 nitrogen and oxygen atoms in total. The fourth-order valence-corrected chi connectivity index (χ4v) is 8.85. The molecule has 0 aromatic heterocycles. The number of rotatable bonds is 10. The van der Waals surface area contributed by atoms with Crippen molar-refractivity contribution in [3.05, 3.63) is 70.0 Å². The van der Waals surface area contributed by atoms with Gasteiger partial charge in [-0.1, -0.05) is 12.1 Å². The van der Waals surface area contributed by atoms with E-state index in [-0.39, 0.29) is 48.5 Å². The van der Waals surface area contributed by atoms with Gasteiger partial charge in [-0.25, -0.2) is 14.0 Å². The monoisotopic (exact) mass is 762 g/mol. The van der Waals surface area contributed by atoms with Crippen molar-refractivity contribution < 1.29 is 33.0 Å². The topological polar surface area (TPSA) is 124 Å². The molecule has 4 fully saturated rings. The van der Waals surface area contributed by atoms with Crippen molar-refractivity contribution in [2.75, 3.05) is 65.6 Å². The molecule has 6 rings (SSSR count). The van der Waals surface area contributed by atoms with E-state index in [0.29, 0.717) is 68.0 Å². The van der Waals surface area contributed by atoms with Crippen LogP contribution in [0.15, 0.2) is 36.4 Å². The SMILES string of the molecule is CCOC(=O)N1CCC(N2CCCC(NC(=O)c3ccc(CCOC(=O)N4CCC(N5CCCC(NC(=O)c6ccc(F)cc6C)C5)CC4)cc3C)C2)CC1. The van der Waals surface area contributed by atoms with Gasteiger partial charge >= 0.3 is 12.2 Å². The second-order valence-corrected chi connectivity index (χ2v) is 15.7. The number of carbonyl (C=O) groups excluding carboxylic acids is 4. The zero-order valence-corrected chi connectivity index (χ0v) is 32.8. The normalized spacial score (nSPS) is 21.9. The second kappa shape index (κ2) is 19.1. The van der Waals surface area contributed by atoms with Gasteiger partial charge in [0, 0.05) is 81.0 Å². The van der Waals surface area contributed by atoms with E-state index in [1.54, 1.807) is 22.8 Å². The number of piperidine rings is 4. The van der Waals surface area contributed by atoms with E-state index in [1.165, 1.54) is 12.1 Å². The number of amides is 4. The van der Waals surface area contributed by atoms with Crippen LogP contribution < -0.4 is 10.6 Å². The number of likely N-dealkylation sites (tertiary alicyclic amines) is 4. The van der Waals surface area contributed by atoms with Crippen LogP contribution in [0.3, 0.4) is 0 Å². The summed E-state index contributed by atoms with van der Waals surface area (Å²) in [5.41, 5.74) is 3.70. The Bertz CT molecular complexity index is 1660. The molecule has 55 heavy (non-hydrogen) atoms. The number of benzene rings is 2. The summed E-state index contributed by atoms with van der Waals surface area (Å²) in [5.74, 6) is -0.571. The van der Waals surface area contributed by atoms with Gasteiger partial charge in [-0.3, -0.25) is 19.4 Å². The van der Waals surface area contributed by atoms with E-state index in [2.05, 4.69) is 20.4 Å². The lowest BCUT2D eigenvalue weighted by Gasteiger charge is -2.42. The lowest BCUT2D eigenvalue weighted by atomic mass is 9.97. The van der Waals surface area contributed by atoms with Crippen molar-refractivity contribution in [1.82, 2.24) is 30.2 Å². The smallest absolute Gasteiger partial charge is 0.409 e. The first kappa shape index (κ1) is 40.4. The number of hydrogen-bond donors (Lipinski definition) is 2. The number of nitrogens with zero attached hydrogens (tertiary/aromatic N) is 4. The molecule has 0 saturated carbocycles. The highest BCUT2D eigenvalue weighted by Crippen LogP contribution is 2.24. The fraction of sp³-hybridized carbons (Fsp3) is 0.619. The van der Waals surface area contributed by atoms with Crippen molar-refractivity contribution in [2.24, 2.45) is 0 Å². The molecule has 2 unspecified atom stereocenters. The van der Waals surface area contributed by atoms with Gasteiger partial charge in [0.2, 0.25) is 0 Å². The molecule has 0 aliphatic carbocycles. The van der Waals surface area contributed by atoms with E-state index in [0.717, 1.165) is 88.7 Å². The molecule has 4 aliphatic heterocycles. The molecule has 4 amide bonds. The number of halogens is 1. The molecule has 2 N–H and O–H groups in total. The third kappa shape index (κ3) is 10.8. The van der Waals surface area contributed by atoms with Crippen molar-refractivity contribution >= 4 is 24.0 Å². The van der Waals surface area contributed by atoms with Gasteiger partial charge in [-0.15, -0.1) is 0 Å². The third-order valence-electron chi connectivity index (χ3n) is 11.9. The van der Waals surface area contributed by atoms with E-state index >= 15 is 0 Å². The molecule has 0 bridgehead atoms. The zero-order valence-electron chi connectivity index (χ0n) is 32.8. The van der Waals surface area contributed by atoms with Gasteiger partial charge in [0.05, 0.1) is 13.2 Å². The predicted molar refractivity (Wildman–Crippen MR) is 208 cm³/mol. The summed E-state index contributed by atoms with van der Waals surface area (Å²) in [7, 11) is 0. The summed E-state index contributed by atoms with van der Waals surface area (Å²) in [4.78, 5) is 59.8. The molecular formula is C42H59FN6O6. The standard InChI is InChI=1S/C42H59FN6O6/c1-4-54-41(52)46-20-13-35(14-21-46)48-18-5-7-33(27-48)44-39(50)37-11-9-31(25-29(37)2)17-24-55-42(53)47-22-15-36(16-23-47)49-19-6-8-34(28-49)45-40(51)38-12-10-32(43)26-30(38)3/h9-12,25-26,33-36H,4-8,13-24,27-28H2,1-3H3,(H,44,50)(H,45,51). The second-order valence-electron chi connectivity index (χ2n) is 15.7. The first-order valence-electron chi connectivity index (χ1n) is 20.4. The maximum Gasteiger partial charge on any atom is 0.409 e. The quantitative estimate of drug-likeness (QED) is 0.335. The Balaban J connectivity index is 0.888. The minimum atomic E-state index is -0.345. The number of aryl methyl sites for hydroxylation is 2. The highest BCUT2D eigenvalue weighted by molar-refractivity contribution is 5.96. The summed E-state index contributed by atoms with van der Waals surface area (Å²) in [6.45, 7) is 12.4. The van der Waals surface area contributed by atoms with Crippen molar-refractivity contribution in [2.45, 2.75) is 103 Å². The van der Waals surface area contributed by atoms with Gasteiger partial charge in [-0.2, -0.15) is 0 Å². The van der Waals surface area contributed by atoms with Crippen molar-refractivity contribution in [1.29, 1.82) is 0 Å². The largest absolute Gasteiger partial charge is 0.450 e. The number of nitrogens with one attached hydrogen (secondary N) is 2. The lowest BCUT2D eigenvalue weighted by molar-refractivity contribution is 0.0588. The average molecular weight is 763 g/mol. The predicted octanol–water partition coefficient (Wildman–Crippen LogP) is 5.30. The van der Waals surface area contributed by atoms with Crippen LogP contribution >= 0.6 is 0 Å². The van der Waals surface area contributed by atoms with Crippen LogP contribution in [-0.4, -0.2) is 133 Å².